The summed E-state index contributed by atoms with van der Waals surface area (Å²) in [6.45, 7) is -5.07. The lowest BCUT2D eigenvalue weighted by molar-refractivity contribution is 0.193. The summed E-state index contributed by atoms with van der Waals surface area (Å²) in [5.41, 5.74) is -0.278. The molecular formula is C17H21NO. The second kappa shape index (κ2) is 6.95. The van der Waals surface area contributed by atoms with Crippen molar-refractivity contribution in [2.75, 3.05) is 13.5 Å². The van der Waals surface area contributed by atoms with Gasteiger partial charge in [0.05, 0.1) is 6.85 Å². The zero-order valence-electron chi connectivity index (χ0n) is 21.2. The second-order valence-corrected chi connectivity index (χ2v) is 3.86. The third-order valence-electron chi connectivity index (χ3n) is 2.53. The highest BCUT2D eigenvalue weighted by Crippen LogP contribution is 2.26. The Labute approximate surface area is 130 Å². The third-order valence-corrected chi connectivity index (χ3v) is 2.53. The average Bonchev–Trinajstić information content (AvgIpc) is 2.63. The van der Waals surface area contributed by atoms with Crippen LogP contribution < -0.4 is 10.1 Å². The number of rotatable bonds is 6. The van der Waals surface area contributed by atoms with Gasteiger partial charge in [-0.15, -0.1) is 0 Å². The van der Waals surface area contributed by atoms with Crippen molar-refractivity contribution < 1.29 is 19.8 Å². The molecule has 0 bridgehead atoms. The first kappa shape index (κ1) is 5.29. The van der Waals surface area contributed by atoms with Gasteiger partial charge in [-0.25, -0.2) is 0 Å². The van der Waals surface area contributed by atoms with Crippen LogP contribution in [0.1, 0.15) is 38.7 Å². The fraction of sp³-hybridized carbons (Fsp3) is 0.294. The Morgan fingerprint density at radius 1 is 1.26 bits per heavy atom. The monoisotopic (exact) mass is 266 g/mol. The van der Waals surface area contributed by atoms with E-state index in [9.17, 15) is 0 Å². The fourth-order valence-corrected chi connectivity index (χ4v) is 1.61. The highest BCUT2D eigenvalue weighted by molar-refractivity contribution is 5.33. The number of hydrogen-bond donors (Lipinski definition) is 1. The van der Waals surface area contributed by atoms with E-state index in [1.807, 2.05) is 0 Å². The van der Waals surface area contributed by atoms with Crippen molar-refractivity contribution in [3.8, 4) is 5.75 Å². The largest absolute Gasteiger partial charge is 0.485 e. The molecule has 19 heavy (non-hydrogen) atoms. The molecule has 100 valence electrons. The number of para-hydroxylation sites is 1. The van der Waals surface area contributed by atoms with Crippen molar-refractivity contribution in [1.82, 2.24) is 5.32 Å². The Bertz CT molecular complexity index is 879. The molecular weight excluding hydrogens is 234 g/mol. The molecule has 2 aromatic rings. The van der Waals surface area contributed by atoms with Crippen molar-refractivity contribution in [3.63, 3.8) is 0 Å². The molecule has 0 saturated heterocycles. The smallest absolute Gasteiger partial charge is 0.125 e. The van der Waals surface area contributed by atoms with Gasteiger partial charge < -0.3 is 10.1 Å². The van der Waals surface area contributed by atoms with Crippen molar-refractivity contribution in [2.24, 2.45) is 0 Å². The van der Waals surface area contributed by atoms with Crippen LogP contribution in [0.2, 0.25) is 0 Å². The van der Waals surface area contributed by atoms with E-state index in [0.29, 0.717) is 0 Å². The van der Waals surface area contributed by atoms with E-state index in [2.05, 4.69) is 5.32 Å². The number of nitrogens with one attached hydrogen (secondary N) is 1. The van der Waals surface area contributed by atoms with Crippen LogP contribution in [-0.2, 0) is 0 Å². The standard InChI is InChI=1S/C17H21NO/c1-14-8-6-7-11-16(14)19-17(12-13-18-2)15-9-4-3-5-10-15/h3-11,17-18H,12-13H2,1-2H3/i1D3,2D3,3D,4D,5D,9D,10D. The Kier molecular flexibility index (Phi) is 1.94. The van der Waals surface area contributed by atoms with Crippen molar-refractivity contribution in [3.05, 3.63) is 65.6 Å². The zero-order valence-corrected chi connectivity index (χ0v) is 10.2. The fourth-order valence-electron chi connectivity index (χ4n) is 1.61. The Balaban J connectivity index is 2.54. The molecule has 2 nitrogen and oxygen atoms in total. The molecule has 0 amide bonds. The molecule has 0 heterocycles. The molecule has 0 aliphatic carbocycles. The number of benzene rings is 2. The van der Waals surface area contributed by atoms with Gasteiger partial charge in [0, 0.05) is 14.6 Å². The Morgan fingerprint density at radius 3 is 2.89 bits per heavy atom. The molecule has 1 atom stereocenters. The molecule has 0 aromatic heterocycles. The summed E-state index contributed by atoms with van der Waals surface area (Å²) in [7, 11) is 0. The van der Waals surface area contributed by atoms with Gasteiger partial charge in [0.25, 0.3) is 0 Å². The summed E-state index contributed by atoms with van der Waals surface area (Å²) in [4.78, 5) is 0. The topological polar surface area (TPSA) is 21.3 Å². The summed E-state index contributed by atoms with van der Waals surface area (Å²) < 4.78 is 90.4. The SMILES string of the molecule is [2H]c1c([2H])c([2H])c(C(CCNC([2H])([2H])[2H])Oc2ccccc2C([2H])([2H])[2H])c([2H])c1[2H]. The first-order valence-corrected chi connectivity index (χ1v) is 5.82. The van der Waals surface area contributed by atoms with Gasteiger partial charge in [0.15, 0.2) is 0 Å². The molecule has 1 unspecified atom stereocenters. The molecule has 0 aliphatic heterocycles. The van der Waals surface area contributed by atoms with Crippen LogP contribution >= 0.6 is 0 Å². The van der Waals surface area contributed by atoms with Gasteiger partial charge in [-0.3, -0.25) is 0 Å². The summed E-state index contributed by atoms with van der Waals surface area (Å²) in [6.07, 6.45) is -1.26. The minimum atomic E-state index is -2.50. The molecule has 1 N–H and O–H groups in total. The predicted octanol–water partition coefficient (Wildman–Crippen LogP) is 3.72. The van der Waals surface area contributed by atoms with Crippen LogP contribution in [-0.4, -0.2) is 13.5 Å². The van der Waals surface area contributed by atoms with E-state index >= 15 is 0 Å². The maximum Gasteiger partial charge on any atom is 0.125 e. The highest BCUT2D eigenvalue weighted by Gasteiger charge is 2.13. The van der Waals surface area contributed by atoms with Crippen molar-refractivity contribution in [2.45, 2.75) is 19.4 Å². The van der Waals surface area contributed by atoms with Crippen LogP contribution in [0.3, 0.4) is 0 Å². The van der Waals surface area contributed by atoms with E-state index in [0.717, 1.165) is 0 Å². The molecule has 2 rings (SSSR count). The first-order chi connectivity index (χ1) is 13.7. The maximum absolute atomic E-state index is 8.17. The molecule has 2 aromatic carbocycles. The normalized spacial score (nSPS) is 21.8. The van der Waals surface area contributed by atoms with E-state index in [-0.39, 0.29) is 29.8 Å². The van der Waals surface area contributed by atoms with Gasteiger partial charge in [0.1, 0.15) is 11.9 Å². The summed E-state index contributed by atoms with van der Waals surface area (Å²) in [5, 5.41) is 2.29. The Morgan fingerprint density at radius 2 is 2.11 bits per heavy atom. The molecule has 0 spiro atoms. The van der Waals surface area contributed by atoms with Gasteiger partial charge >= 0.3 is 0 Å². The lowest BCUT2D eigenvalue weighted by Crippen LogP contribution is -2.16. The van der Waals surface area contributed by atoms with Crippen LogP contribution in [0.5, 0.6) is 5.75 Å². The van der Waals surface area contributed by atoms with E-state index < -0.39 is 50.1 Å². The average molecular weight is 266 g/mol. The Hall–Kier alpha value is -1.80. The van der Waals surface area contributed by atoms with Crippen LogP contribution in [0.25, 0.3) is 0 Å². The molecule has 0 radical (unpaired) electrons. The number of ether oxygens (including phenoxy) is 1. The third kappa shape index (κ3) is 3.83. The minimum absolute atomic E-state index is 0.0387. The second-order valence-electron chi connectivity index (χ2n) is 3.86. The van der Waals surface area contributed by atoms with Gasteiger partial charge in [-0.2, -0.15) is 0 Å². The van der Waals surface area contributed by atoms with Gasteiger partial charge in [-0.05, 0) is 37.6 Å². The number of hydrogen-bond acceptors (Lipinski definition) is 2. The van der Waals surface area contributed by atoms with E-state index in [1.54, 1.807) is 6.07 Å². The van der Waals surface area contributed by atoms with Crippen molar-refractivity contribution >= 4 is 0 Å². The zero-order chi connectivity index (χ0) is 22.9. The van der Waals surface area contributed by atoms with Gasteiger partial charge in [-0.1, -0.05) is 48.4 Å². The minimum Gasteiger partial charge on any atom is -0.485 e. The molecule has 2 heteroatoms. The quantitative estimate of drug-likeness (QED) is 0.860. The van der Waals surface area contributed by atoms with E-state index in [1.165, 1.54) is 18.2 Å². The van der Waals surface area contributed by atoms with Crippen LogP contribution in [0, 0.1) is 6.85 Å². The van der Waals surface area contributed by atoms with Crippen LogP contribution in [0.4, 0.5) is 0 Å². The van der Waals surface area contributed by atoms with E-state index in [4.69, 9.17) is 19.8 Å². The van der Waals surface area contributed by atoms with Gasteiger partial charge in [0.2, 0.25) is 0 Å². The lowest BCUT2D eigenvalue weighted by Gasteiger charge is -2.20. The number of aryl methyl sites for hydroxylation is 1. The van der Waals surface area contributed by atoms with Crippen molar-refractivity contribution in [1.29, 1.82) is 0 Å². The molecule has 0 aliphatic rings. The molecule has 0 saturated carbocycles. The summed E-state index contributed by atoms with van der Waals surface area (Å²) in [6, 6.07) is 3.13. The summed E-state index contributed by atoms with van der Waals surface area (Å²) >= 11 is 0. The highest BCUT2D eigenvalue weighted by atomic mass is 16.5. The predicted molar refractivity (Wildman–Crippen MR) is 79.5 cm³/mol. The van der Waals surface area contributed by atoms with Crippen LogP contribution in [0.15, 0.2) is 54.5 Å². The lowest BCUT2D eigenvalue weighted by atomic mass is 10.1. The summed E-state index contributed by atoms with van der Waals surface area (Å²) in [5.74, 6) is -0.0387. The maximum atomic E-state index is 8.17. The first-order valence-electron chi connectivity index (χ1n) is 11.3. The molecule has 0 fully saturated rings.